The van der Waals surface area contributed by atoms with Gasteiger partial charge in [-0.3, -0.25) is 4.68 Å². The molecular formula is C13H14ClN5. The lowest BCUT2D eigenvalue weighted by atomic mass is 10.3. The number of benzene rings is 1. The largest absolute Gasteiger partial charge is 0.350 e. The van der Waals surface area contributed by atoms with Crippen molar-refractivity contribution in [1.29, 1.82) is 0 Å². The molecule has 0 amide bonds. The maximum atomic E-state index is 5.98. The number of aromatic nitrogens is 4. The van der Waals surface area contributed by atoms with E-state index in [9.17, 15) is 0 Å². The Morgan fingerprint density at radius 2 is 2.11 bits per heavy atom. The second-order valence-electron chi connectivity index (χ2n) is 4.43. The monoisotopic (exact) mass is 275 g/mol. The molecule has 0 radical (unpaired) electrons. The number of aryl methyl sites for hydroxylation is 2. The van der Waals surface area contributed by atoms with Crippen LogP contribution in [0.5, 0.6) is 0 Å². The summed E-state index contributed by atoms with van der Waals surface area (Å²) in [6, 6.07) is 7.69. The third-order valence-electron chi connectivity index (χ3n) is 3.19. The van der Waals surface area contributed by atoms with Crippen LogP contribution in [0.3, 0.4) is 0 Å². The molecule has 0 aliphatic heterocycles. The van der Waals surface area contributed by atoms with Crippen LogP contribution in [0.25, 0.3) is 11.0 Å². The first-order chi connectivity index (χ1) is 9.15. The van der Waals surface area contributed by atoms with E-state index in [4.69, 9.17) is 11.6 Å². The van der Waals surface area contributed by atoms with Gasteiger partial charge in [0.15, 0.2) is 0 Å². The second-order valence-corrected chi connectivity index (χ2v) is 4.86. The molecule has 2 heterocycles. The molecule has 0 atom stereocenters. The number of imidazole rings is 1. The number of hydrogen-bond acceptors (Lipinski definition) is 3. The summed E-state index contributed by atoms with van der Waals surface area (Å²) in [4.78, 5) is 4.54. The van der Waals surface area contributed by atoms with Crippen molar-refractivity contribution in [2.75, 3.05) is 5.32 Å². The molecule has 3 rings (SSSR count). The van der Waals surface area contributed by atoms with Crippen molar-refractivity contribution in [1.82, 2.24) is 19.3 Å². The lowest BCUT2D eigenvalue weighted by Gasteiger charge is -2.06. The van der Waals surface area contributed by atoms with Gasteiger partial charge in [0.1, 0.15) is 0 Å². The fourth-order valence-electron chi connectivity index (χ4n) is 2.08. The van der Waals surface area contributed by atoms with E-state index < -0.39 is 0 Å². The molecule has 1 aromatic carbocycles. The number of rotatable bonds is 3. The molecule has 98 valence electrons. The van der Waals surface area contributed by atoms with Gasteiger partial charge in [0.25, 0.3) is 0 Å². The molecule has 19 heavy (non-hydrogen) atoms. The van der Waals surface area contributed by atoms with Crippen molar-refractivity contribution in [3.63, 3.8) is 0 Å². The normalized spacial score (nSPS) is 11.1. The van der Waals surface area contributed by atoms with Gasteiger partial charge < -0.3 is 9.88 Å². The van der Waals surface area contributed by atoms with Crippen molar-refractivity contribution < 1.29 is 0 Å². The van der Waals surface area contributed by atoms with Crippen LogP contribution in [-0.4, -0.2) is 19.3 Å². The predicted molar refractivity (Wildman–Crippen MR) is 76.3 cm³/mol. The quantitative estimate of drug-likeness (QED) is 0.799. The van der Waals surface area contributed by atoms with Gasteiger partial charge in [-0.25, -0.2) is 4.98 Å². The van der Waals surface area contributed by atoms with Crippen molar-refractivity contribution in [2.45, 2.75) is 6.54 Å². The minimum absolute atomic E-state index is 0.682. The Kier molecular flexibility index (Phi) is 2.91. The van der Waals surface area contributed by atoms with E-state index in [1.165, 1.54) is 0 Å². The number of fused-ring (bicyclic) bond motifs is 1. The Morgan fingerprint density at radius 1 is 1.26 bits per heavy atom. The van der Waals surface area contributed by atoms with Crippen LogP contribution in [-0.2, 0) is 20.6 Å². The van der Waals surface area contributed by atoms with Gasteiger partial charge in [0.2, 0.25) is 5.95 Å². The average Bonchev–Trinajstić information content (AvgIpc) is 2.91. The van der Waals surface area contributed by atoms with E-state index in [0.717, 1.165) is 22.7 Å². The molecule has 0 saturated heterocycles. The van der Waals surface area contributed by atoms with Crippen molar-refractivity contribution in [2.24, 2.45) is 14.1 Å². The number of nitrogens with zero attached hydrogens (tertiary/aromatic N) is 4. The van der Waals surface area contributed by atoms with Gasteiger partial charge in [-0.2, -0.15) is 5.10 Å². The second kappa shape index (κ2) is 4.59. The van der Waals surface area contributed by atoms with E-state index in [2.05, 4.69) is 15.4 Å². The van der Waals surface area contributed by atoms with Crippen LogP contribution < -0.4 is 5.32 Å². The van der Waals surface area contributed by atoms with Crippen molar-refractivity contribution in [3.8, 4) is 0 Å². The minimum Gasteiger partial charge on any atom is -0.350 e. The zero-order chi connectivity index (χ0) is 13.4. The number of nitrogens with one attached hydrogen (secondary N) is 1. The highest BCUT2D eigenvalue weighted by molar-refractivity contribution is 6.31. The molecule has 0 aliphatic rings. The SMILES string of the molecule is Cn1nccc1CNc1nc2cc(Cl)ccc2n1C. The van der Waals surface area contributed by atoms with Gasteiger partial charge in [-0.15, -0.1) is 0 Å². The molecule has 0 spiro atoms. The Bertz CT molecular complexity index is 728. The molecule has 3 aromatic rings. The molecule has 0 aliphatic carbocycles. The van der Waals surface area contributed by atoms with Gasteiger partial charge >= 0.3 is 0 Å². The predicted octanol–water partition coefficient (Wildman–Crippen LogP) is 2.57. The molecule has 1 N–H and O–H groups in total. The zero-order valence-electron chi connectivity index (χ0n) is 10.8. The summed E-state index contributed by atoms with van der Waals surface area (Å²) in [7, 11) is 3.90. The molecule has 5 nitrogen and oxygen atoms in total. The molecule has 0 unspecified atom stereocenters. The summed E-state index contributed by atoms with van der Waals surface area (Å²) < 4.78 is 3.86. The average molecular weight is 276 g/mol. The van der Waals surface area contributed by atoms with Crippen LogP contribution in [0.2, 0.25) is 5.02 Å². The Hall–Kier alpha value is -2.01. The third kappa shape index (κ3) is 2.17. The van der Waals surface area contributed by atoms with Gasteiger partial charge in [-0.05, 0) is 24.3 Å². The molecular weight excluding hydrogens is 262 g/mol. The first kappa shape index (κ1) is 12.0. The Balaban J connectivity index is 1.89. The smallest absolute Gasteiger partial charge is 0.203 e. The zero-order valence-corrected chi connectivity index (χ0v) is 11.5. The summed E-state index contributed by atoms with van der Waals surface area (Å²) in [5.74, 6) is 0.818. The topological polar surface area (TPSA) is 47.7 Å². The van der Waals surface area contributed by atoms with Crippen molar-refractivity contribution >= 4 is 28.6 Å². The van der Waals surface area contributed by atoms with Crippen molar-refractivity contribution in [3.05, 3.63) is 41.2 Å². The summed E-state index contributed by atoms with van der Waals surface area (Å²) in [6.07, 6.45) is 1.78. The molecule has 6 heteroatoms. The van der Waals surface area contributed by atoms with Gasteiger partial charge in [0, 0.05) is 25.3 Å². The standard InChI is InChI=1S/C13H14ClN5/c1-18-12-4-3-9(14)7-11(12)17-13(18)15-8-10-5-6-16-19(10)2/h3-7H,8H2,1-2H3,(H,15,17). The summed E-state index contributed by atoms with van der Waals surface area (Å²) in [5, 5.41) is 8.15. The van der Waals surface area contributed by atoms with E-state index in [0.29, 0.717) is 11.6 Å². The van der Waals surface area contributed by atoms with Gasteiger partial charge in [0.05, 0.1) is 23.3 Å². The maximum Gasteiger partial charge on any atom is 0.203 e. The van der Waals surface area contributed by atoms with Crippen LogP contribution in [0.1, 0.15) is 5.69 Å². The fraction of sp³-hybridized carbons (Fsp3) is 0.231. The van der Waals surface area contributed by atoms with Crippen LogP contribution >= 0.6 is 11.6 Å². The Labute approximate surface area is 115 Å². The lowest BCUT2D eigenvalue weighted by molar-refractivity contribution is 0.718. The Morgan fingerprint density at radius 3 is 2.84 bits per heavy atom. The van der Waals surface area contributed by atoms with Crippen LogP contribution in [0.15, 0.2) is 30.5 Å². The third-order valence-corrected chi connectivity index (χ3v) is 3.43. The molecule has 0 fully saturated rings. The van der Waals surface area contributed by atoms with E-state index >= 15 is 0 Å². The summed E-state index contributed by atoms with van der Waals surface area (Å²) in [5.41, 5.74) is 3.05. The molecule has 2 aromatic heterocycles. The molecule has 0 saturated carbocycles. The lowest BCUT2D eigenvalue weighted by Crippen LogP contribution is -2.08. The number of halogens is 1. The van der Waals surface area contributed by atoms with Crippen LogP contribution in [0.4, 0.5) is 5.95 Å². The van der Waals surface area contributed by atoms with E-state index in [-0.39, 0.29) is 0 Å². The fourth-order valence-corrected chi connectivity index (χ4v) is 2.24. The number of hydrogen-bond donors (Lipinski definition) is 1. The minimum atomic E-state index is 0.682. The molecule has 0 bridgehead atoms. The first-order valence-corrected chi connectivity index (χ1v) is 6.35. The number of anilines is 1. The highest BCUT2D eigenvalue weighted by Gasteiger charge is 2.08. The summed E-state index contributed by atoms with van der Waals surface area (Å²) >= 11 is 5.98. The van der Waals surface area contributed by atoms with E-state index in [1.54, 1.807) is 6.20 Å². The van der Waals surface area contributed by atoms with Crippen LogP contribution in [0, 0.1) is 0 Å². The first-order valence-electron chi connectivity index (χ1n) is 5.98. The van der Waals surface area contributed by atoms with Gasteiger partial charge in [-0.1, -0.05) is 11.6 Å². The summed E-state index contributed by atoms with van der Waals surface area (Å²) in [6.45, 7) is 0.682. The highest BCUT2D eigenvalue weighted by atomic mass is 35.5. The maximum absolute atomic E-state index is 5.98. The van der Waals surface area contributed by atoms with E-state index in [1.807, 2.05) is 47.6 Å². The highest BCUT2D eigenvalue weighted by Crippen LogP contribution is 2.22.